The summed E-state index contributed by atoms with van der Waals surface area (Å²) in [6.07, 6.45) is 0. The smallest absolute Gasteiger partial charge is 0.144 e. The van der Waals surface area contributed by atoms with Gasteiger partial charge >= 0.3 is 0 Å². The third kappa shape index (κ3) is 4.44. The highest BCUT2D eigenvalue weighted by molar-refractivity contribution is 6.25. The van der Waals surface area contributed by atoms with Crippen molar-refractivity contribution < 1.29 is 8.83 Å². The van der Waals surface area contributed by atoms with Crippen LogP contribution in [-0.2, 0) is 0 Å². The van der Waals surface area contributed by atoms with Gasteiger partial charge in [0.15, 0.2) is 0 Å². The lowest BCUT2D eigenvalue weighted by Gasteiger charge is -2.27. The fraction of sp³-hybridized carbons (Fsp3) is 0. The Morgan fingerprint density at radius 3 is 1.84 bits per heavy atom. The normalized spacial score (nSPS) is 11.7. The van der Waals surface area contributed by atoms with Crippen LogP contribution in [0.2, 0.25) is 0 Å². The van der Waals surface area contributed by atoms with E-state index in [0.717, 1.165) is 72.1 Å². The zero-order chi connectivity index (χ0) is 32.3. The number of para-hydroxylation sites is 1. The summed E-state index contributed by atoms with van der Waals surface area (Å²) >= 11 is 0. The van der Waals surface area contributed by atoms with Crippen LogP contribution in [0.4, 0.5) is 17.1 Å². The van der Waals surface area contributed by atoms with Crippen molar-refractivity contribution in [2.24, 2.45) is 0 Å². The highest BCUT2D eigenvalue weighted by Gasteiger charge is 2.24. The number of rotatable bonds is 5. The number of anilines is 3. The second-order valence-electron chi connectivity index (χ2n) is 12.5. The first-order chi connectivity index (χ1) is 24.3. The van der Waals surface area contributed by atoms with Crippen LogP contribution in [0, 0.1) is 0 Å². The van der Waals surface area contributed by atoms with Gasteiger partial charge in [-0.25, -0.2) is 0 Å². The van der Waals surface area contributed by atoms with Gasteiger partial charge in [0, 0.05) is 33.1 Å². The summed E-state index contributed by atoms with van der Waals surface area (Å²) in [4.78, 5) is 2.35. The minimum Gasteiger partial charge on any atom is -0.456 e. The third-order valence-corrected chi connectivity index (χ3v) is 9.63. The summed E-state index contributed by atoms with van der Waals surface area (Å²) in [5.41, 5.74) is 11.1. The van der Waals surface area contributed by atoms with Gasteiger partial charge in [0.2, 0.25) is 0 Å². The van der Waals surface area contributed by atoms with E-state index in [4.69, 9.17) is 8.83 Å². The second-order valence-corrected chi connectivity index (χ2v) is 12.5. The molecule has 0 aliphatic rings. The standard InChI is InChI=1S/C46H29NO2/c1-3-12-30(13-4-1)32-22-25-35(26-23-32)47(36-27-24-31-14-7-8-17-34(31)28-36)39-19-11-21-41-44(39)38-29-42-45(37-18-9-10-20-40(37)48-42)43(46(38)49-41)33-15-5-2-6-16-33/h1-29H. The van der Waals surface area contributed by atoms with Gasteiger partial charge in [-0.15, -0.1) is 0 Å². The second kappa shape index (κ2) is 11.0. The molecular weight excluding hydrogens is 599 g/mol. The summed E-state index contributed by atoms with van der Waals surface area (Å²) in [7, 11) is 0. The molecule has 0 amide bonds. The molecule has 2 aromatic heterocycles. The summed E-state index contributed by atoms with van der Waals surface area (Å²) in [5, 5.41) is 6.59. The Labute approximate surface area is 282 Å². The average molecular weight is 628 g/mol. The molecule has 3 heteroatoms. The van der Waals surface area contributed by atoms with Crippen molar-refractivity contribution in [1.29, 1.82) is 0 Å². The zero-order valence-corrected chi connectivity index (χ0v) is 26.5. The summed E-state index contributed by atoms with van der Waals surface area (Å²) in [6.45, 7) is 0. The molecule has 0 saturated carbocycles. The Bertz CT molecular complexity index is 2810. The maximum Gasteiger partial charge on any atom is 0.144 e. The monoisotopic (exact) mass is 627 g/mol. The molecule has 0 spiro atoms. The van der Waals surface area contributed by atoms with Crippen molar-refractivity contribution in [3.05, 3.63) is 176 Å². The van der Waals surface area contributed by atoms with Gasteiger partial charge < -0.3 is 13.7 Å². The van der Waals surface area contributed by atoms with Gasteiger partial charge in [-0.2, -0.15) is 0 Å². The van der Waals surface area contributed by atoms with Gasteiger partial charge in [0.05, 0.1) is 11.1 Å². The van der Waals surface area contributed by atoms with Crippen LogP contribution in [0.3, 0.4) is 0 Å². The molecule has 0 aliphatic heterocycles. The molecule has 49 heavy (non-hydrogen) atoms. The van der Waals surface area contributed by atoms with E-state index in [1.807, 2.05) is 12.1 Å². The van der Waals surface area contributed by atoms with Crippen LogP contribution in [-0.4, -0.2) is 0 Å². The maximum absolute atomic E-state index is 6.91. The van der Waals surface area contributed by atoms with Crippen molar-refractivity contribution >= 4 is 71.7 Å². The van der Waals surface area contributed by atoms with Crippen molar-refractivity contribution in [2.75, 3.05) is 4.90 Å². The fourth-order valence-corrected chi connectivity index (χ4v) is 7.39. The molecule has 8 aromatic carbocycles. The third-order valence-electron chi connectivity index (χ3n) is 9.63. The number of nitrogens with zero attached hydrogens (tertiary/aromatic N) is 1. The fourth-order valence-electron chi connectivity index (χ4n) is 7.39. The van der Waals surface area contributed by atoms with Crippen molar-refractivity contribution in [1.82, 2.24) is 0 Å². The van der Waals surface area contributed by atoms with Crippen molar-refractivity contribution in [2.45, 2.75) is 0 Å². The molecule has 0 N–H and O–H groups in total. The Balaban J connectivity index is 1.27. The van der Waals surface area contributed by atoms with E-state index >= 15 is 0 Å². The lowest BCUT2D eigenvalue weighted by atomic mass is 9.96. The van der Waals surface area contributed by atoms with Gasteiger partial charge in [0.25, 0.3) is 0 Å². The molecule has 0 fully saturated rings. The van der Waals surface area contributed by atoms with Gasteiger partial charge in [-0.3, -0.25) is 0 Å². The summed E-state index contributed by atoms with van der Waals surface area (Å²) < 4.78 is 13.5. The zero-order valence-electron chi connectivity index (χ0n) is 26.5. The molecule has 0 bridgehead atoms. The molecule has 10 aromatic rings. The molecule has 10 rings (SSSR count). The lowest BCUT2D eigenvalue weighted by Crippen LogP contribution is -2.10. The van der Waals surface area contributed by atoms with E-state index in [1.165, 1.54) is 21.9 Å². The van der Waals surface area contributed by atoms with E-state index in [9.17, 15) is 0 Å². The number of benzene rings is 8. The maximum atomic E-state index is 6.91. The van der Waals surface area contributed by atoms with Crippen molar-refractivity contribution in [3.63, 3.8) is 0 Å². The van der Waals surface area contributed by atoms with E-state index in [0.29, 0.717) is 0 Å². The Morgan fingerprint density at radius 1 is 0.367 bits per heavy atom. The van der Waals surface area contributed by atoms with E-state index in [1.54, 1.807) is 0 Å². The Morgan fingerprint density at radius 2 is 1.02 bits per heavy atom. The quantitative estimate of drug-likeness (QED) is 0.190. The largest absolute Gasteiger partial charge is 0.456 e. The number of furan rings is 2. The number of fused-ring (bicyclic) bond motifs is 7. The first-order valence-electron chi connectivity index (χ1n) is 16.6. The van der Waals surface area contributed by atoms with E-state index in [2.05, 4.69) is 169 Å². The predicted molar refractivity (Wildman–Crippen MR) is 204 cm³/mol. The highest BCUT2D eigenvalue weighted by atomic mass is 16.3. The first kappa shape index (κ1) is 27.5. The number of hydrogen-bond donors (Lipinski definition) is 0. The molecule has 3 nitrogen and oxygen atoms in total. The molecule has 230 valence electrons. The van der Waals surface area contributed by atoms with Gasteiger partial charge in [0.1, 0.15) is 22.3 Å². The molecule has 2 heterocycles. The van der Waals surface area contributed by atoms with Crippen LogP contribution < -0.4 is 4.90 Å². The van der Waals surface area contributed by atoms with Gasteiger partial charge in [-0.1, -0.05) is 127 Å². The van der Waals surface area contributed by atoms with Crippen LogP contribution in [0.25, 0.3) is 76.9 Å². The van der Waals surface area contributed by atoms with E-state index in [-0.39, 0.29) is 0 Å². The van der Waals surface area contributed by atoms with Crippen LogP contribution in [0.15, 0.2) is 185 Å². The minimum absolute atomic E-state index is 0.827. The molecular formula is C46H29NO2. The van der Waals surface area contributed by atoms with Crippen LogP contribution in [0.5, 0.6) is 0 Å². The number of hydrogen-bond acceptors (Lipinski definition) is 3. The van der Waals surface area contributed by atoms with Crippen LogP contribution in [0.1, 0.15) is 0 Å². The van der Waals surface area contributed by atoms with Crippen molar-refractivity contribution in [3.8, 4) is 22.3 Å². The SMILES string of the molecule is c1ccc(-c2ccc(N(c3ccc4ccccc4c3)c3cccc4oc5c(-c6ccccc6)c6c(cc5c34)oc3ccccc36)cc2)cc1. The first-order valence-corrected chi connectivity index (χ1v) is 16.6. The summed E-state index contributed by atoms with van der Waals surface area (Å²) in [6, 6.07) is 61.9. The minimum atomic E-state index is 0.827. The lowest BCUT2D eigenvalue weighted by molar-refractivity contribution is 0.664. The predicted octanol–water partition coefficient (Wildman–Crippen LogP) is 13.4. The highest BCUT2D eigenvalue weighted by Crippen LogP contribution is 2.49. The molecule has 0 aliphatic carbocycles. The topological polar surface area (TPSA) is 29.5 Å². The molecule has 0 radical (unpaired) electrons. The molecule has 0 unspecified atom stereocenters. The van der Waals surface area contributed by atoms with Gasteiger partial charge in [-0.05, 0) is 76.0 Å². The molecule has 0 atom stereocenters. The summed E-state index contributed by atoms with van der Waals surface area (Å²) in [5.74, 6) is 0. The van der Waals surface area contributed by atoms with E-state index < -0.39 is 0 Å². The average Bonchev–Trinajstić information content (AvgIpc) is 3.73. The molecule has 0 saturated heterocycles. The Kier molecular flexibility index (Phi) is 6.18. The van der Waals surface area contributed by atoms with Crippen LogP contribution >= 0.6 is 0 Å². The Hall–Kier alpha value is -6.58.